The summed E-state index contributed by atoms with van der Waals surface area (Å²) in [5.74, 6) is 2.08. The maximum Gasteiger partial charge on any atom is 0.253 e. The van der Waals surface area contributed by atoms with Gasteiger partial charge in [-0.25, -0.2) is 0 Å². The van der Waals surface area contributed by atoms with Crippen LogP contribution in [0.3, 0.4) is 0 Å². The van der Waals surface area contributed by atoms with Gasteiger partial charge >= 0.3 is 0 Å². The second-order valence-electron chi connectivity index (χ2n) is 7.34. The second-order valence-corrected chi connectivity index (χ2v) is 7.34. The predicted octanol–water partition coefficient (Wildman–Crippen LogP) is 2.00. The van der Waals surface area contributed by atoms with Gasteiger partial charge in [-0.15, -0.1) is 0 Å². The molecule has 5 nitrogen and oxygen atoms in total. The Morgan fingerprint density at radius 1 is 1.29 bits per heavy atom. The van der Waals surface area contributed by atoms with E-state index in [4.69, 9.17) is 4.74 Å². The maximum absolute atomic E-state index is 12.9. The van der Waals surface area contributed by atoms with E-state index in [0.717, 1.165) is 55.7 Å². The highest BCUT2D eigenvalue weighted by Crippen LogP contribution is 2.38. The van der Waals surface area contributed by atoms with Crippen LogP contribution in [0.4, 0.5) is 0 Å². The molecule has 128 valence electrons. The Labute approximate surface area is 142 Å². The number of carbonyl (C=O) groups excluding carboxylic acids is 2. The molecule has 0 radical (unpaired) electrons. The third-order valence-corrected chi connectivity index (χ3v) is 5.85. The number of aryl methyl sites for hydroxylation is 1. The summed E-state index contributed by atoms with van der Waals surface area (Å²) in [4.78, 5) is 26.3. The molecule has 0 unspecified atom stereocenters. The van der Waals surface area contributed by atoms with Gasteiger partial charge in [0.15, 0.2) is 0 Å². The first kappa shape index (κ1) is 15.5. The van der Waals surface area contributed by atoms with Crippen molar-refractivity contribution in [3.63, 3.8) is 0 Å². The quantitative estimate of drug-likeness (QED) is 0.903. The Morgan fingerprint density at radius 3 is 3.00 bits per heavy atom. The highest BCUT2D eigenvalue weighted by Gasteiger charge is 2.40. The second kappa shape index (κ2) is 6.11. The normalized spacial score (nSPS) is 28.4. The van der Waals surface area contributed by atoms with Crippen LogP contribution in [-0.4, -0.2) is 43.0 Å². The molecular formula is C19H24N2O3. The standard InChI is InChI=1S/C19H24N2O3/c1-21(16-8-14-10-18(22)20-11-15(14)9-16)19(23)13-4-5-17-12(7-13)3-2-6-24-17/h4-5,7,14-16H,2-3,6,8-11H2,1H3,(H,20,22)/t14-,15+,16-/m0/s1. The number of fused-ring (bicyclic) bond motifs is 2. The summed E-state index contributed by atoms with van der Waals surface area (Å²) in [5, 5.41) is 2.95. The molecule has 2 heterocycles. The van der Waals surface area contributed by atoms with Crippen molar-refractivity contribution in [1.29, 1.82) is 0 Å². The molecule has 1 N–H and O–H groups in total. The summed E-state index contributed by atoms with van der Waals surface area (Å²) in [6.45, 7) is 1.52. The van der Waals surface area contributed by atoms with Crippen molar-refractivity contribution in [3.05, 3.63) is 29.3 Å². The minimum atomic E-state index is 0.0753. The Morgan fingerprint density at radius 2 is 2.12 bits per heavy atom. The average molecular weight is 328 g/mol. The lowest BCUT2D eigenvalue weighted by atomic mass is 9.89. The molecule has 3 aliphatic rings. The van der Waals surface area contributed by atoms with E-state index in [-0.39, 0.29) is 17.9 Å². The van der Waals surface area contributed by atoms with E-state index in [1.54, 1.807) is 0 Å². The van der Waals surface area contributed by atoms with E-state index in [9.17, 15) is 9.59 Å². The fraction of sp³-hybridized carbons (Fsp3) is 0.579. The summed E-state index contributed by atoms with van der Waals surface area (Å²) in [6, 6.07) is 6.01. The Bertz CT molecular complexity index is 673. The first-order chi connectivity index (χ1) is 11.6. The molecule has 4 rings (SSSR count). The summed E-state index contributed by atoms with van der Waals surface area (Å²) in [5.41, 5.74) is 1.88. The molecule has 0 bridgehead atoms. The lowest BCUT2D eigenvalue weighted by molar-refractivity contribution is -0.124. The minimum absolute atomic E-state index is 0.0753. The van der Waals surface area contributed by atoms with Crippen molar-refractivity contribution in [2.24, 2.45) is 11.8 Å². The van der Waals surface area contributed by atoms with Crippen LogP contribution in [0, 0.1) is 11.8 Å². The highest BCUT2D eigenvalue weighted by atomic mass is 16.5. The van der Waals surface area contributed by atoms with E-state index in [0.29, 0.717) is 18.3 Å². The Hall–Kier alpha value is -2.04. The fourth-order valence-corrected chi connectivity index (χ4v) is 4.41. The van der Waals surface area contributed by atoms with Gasteiger partial charge in [0.25, 0.3) is 5.91 Å². The summed E-state index contributed by atoms with van der Waals surface area (Å²) in [6.07, 6.45) is 4.52. The third kappa shape index (κ3) is 2.76. The summed E-state index contributed by atoms with van der Waals surface area (Å²) >= 11 is 0. The third-order valence-electron chi connectivity index (χ3n) is 5.85. The molecule has 1 aliphatic carbocycles. The molecule has 0 aromatic heterocycles. The van der Waals surface area contributed by atoms with Crippen LogP contribution in [-0.2, 0) is 11.2 Å². The van der Waals surface area contributed by atoms with E-state index in [2.05, 4.69) is 5.32 Å². The summed E-state index contributed by atoms with van der Waals surface area (Å²) < 4.78 is 5.63. The number of carbonyl (C=O) groups is 2. The number of hydrogen-bond acceptors (Lipinski definition) is 3. The molecule has 2 amide bonds. The number of amides is 2. The molecule has 5 heteroatoms. The molecule has 1 saturated heterocycles. The van der Waals surface area contributed by atoms with E-state index < -0.39 is 0 Å². The van der Waals surface area contributed by atoms with Crippen LogP contribution < -0.4 is 10.1 Å². The van der Waals surface area contributed by atoms with Crippen molar-refractivity contribution >= 4 is 11.8 Å². The van der Waals surface area contributed by atoms with Crippen LogP contribution in [0.25, 0.3) is 0 Å². The maximum atomic E-state index is 12.9. The minimum Gasteiger partial charge on any atom is -0.493 e. The van der Waals surface area contributed by atoms with Gasteiger partial charge in [-0.3, -0.25) is 9.59 Å². The van der Waals surface area contributed by atoms with Gasteiger partial charge in [0.2, 0.25) is 5.91 Å². The van der Waals surface area contributed by atoms with Crippen LogP contribution in [0.1, 0.15) is 41.6 Å². The SMILES string of the molecule is CN(C(=O)c1ccc2c(c1)CCCO2)[C@H]1C[C@H]2CC(=O)NC[C@H]2C1. The van der Waals surface area contributed by atoms with Gasteiger partial charge in [-0.1, -0.05) is 0 Å². The molecule has 1 aromatic carbocycles. The number of nitrogens with zero attached hydrogens (tertiary/aromatic N) is 1. The number of hydrogen-bond donors (Lipinski definition) is 1. The Balaban J connectivity index is 1.47. The highest BCUT2D eigenvalue weighted by molar-refractivity contribution is 5.94. The number of piperidine rings is 1. The van der Waals surface area contributed by atoms with Crippen molar-refractivity contribution in [1.82, 2.24) is 10.2 Å². The van der Waals surface area contributed by atoms with E-state index >= 15 is 0 Å². The number of rotatable bonds is 2. The molecular weight excluding hydrogens is 304 g/mol. The molecule has 2 fully saturated rings. The molecule has 3 atom stereocenters. The first-order valence-electron chi connectivity index (χ1n) is 8.91. The molecule has 1 aromatic rings. The molecule has 1 saturated carbocycles. The van der Waals surface area contributed by atoms with Crippen LogP contribution in [0.15, 0.2) is 18.2 Å². The molecule has 24 heavy (non-hydrogen) atoms. The smallest absolute Gasteiger partial charge is 0.253 e. The summed E-state index contributed by atoms with van der Waals surface area (Å²) in [7, 11) is 1.90. The van der Waals surface area contributed by atoms with Crippen molar-refractivity contribution in [3.8, 4) is 5.75 Å². The van der Waals surface area contributed by atoms with Crippen LogP contribution in [0.2, 0.25) is 0 Å². The predicted molar refractivity (Wildman–Crippen MR) is 90.0 cm³/mol. The average Bonchev–Trinajstić information content (AvgIpc) is 3.03. The zero-order chi connectivity index (χ0) is 16.7. The lowest BCUT2D eigenvalue weighted by Gasteiger charge is -2.26. The number of ether oxygens (including phenoxy) is 1. The number of nitrogens with one attached hydrogen (secondary N) is 1. The van der Waals surface area contributed by atoms with Gasteiger partial charge in [0.05, 0.1) is 6.61 Å². The topological polar surface area (TPSA) is 58.6 Å². The largest absolute Gasteiger partial charge is 0.493 e. The van der Waals surface area contributed by atoms with Crippen LogP contribution in [0.5, 0.6) is 5.75 Å². The zero-order valence-corrected chi connectivity index (χ0v) is 14.1. The molecule has 0 spiro atoms. The molecule has 2 aliphatic heterocycles. The van der Waals surface area contributed by atoms with E-state index in [1.807, 2.05) is 30.1 Å². The van der Waals surface area contributed by atoms with E-state index in [1.165, 1.54) is 0 Å². The van der Waals surface area contributed by atoms with Gasteiger partial charge in [0, 0.05) is 31.6 Å². The monoisotopic (exact) mass is 328 g/mol. The zero-order valence-electron chi connectivity index (χ0n) is 14.1. The van der Waals surface area contributed by atoms with Gasteiger partial charge in [-0.2, -0.15) is 0 Å². The van der Waals surface area contributed by atoms with Crippen molar-refractivity contribution < 1.29 is 14.3 Å². The lowest BCUT2D eigenvalue weighted by Crippen LogP contribution is -2.38. The first-order valence-corrected chi connectivity index (χ1v) is 8.91. The van der Waals surface area contributed by atoms with Crippen molar-refractivity contribution in [2.75, 3.05) is 20.2 Å². The number of benzene rings is 1. The Kier molecular flexibility index (Phi) is 3.94. The van der Waals surface area contributed by atoms with Gasteiger partial charge in [0.1, 0.15) is 5.75 Å². The fourth-order valence-electron chi connectivity index (χ4n) is 4.41. The van der Waals surface area contributed by atoms with Crippen LogP contribution >= 0.6 is 0 Å². The van der Waals surface area contributed by atoms with Gasteiger partial charge < -0.3 is 15.0 Å². The van der Waals surface area contributed by atoms with Gasteiger partial charge in [-0.05, 0) is 61.3 Å². The van der Waals surface area contributed by atoms with Crippen molar-refractivity contribution in [2.45, 2.75) is 38.1 Å².